The van der Waals surface area contributed by atoms with E-state index < -0.39 is 0 Å². The molecule has 1 aliphatic rings. The number of halogens is 1. The summed E-state index contributed by atoms with van der Waals surface area (Å²) in [7, 11) is 0. The summed E-state index contributed by atoms with van der Waals surface area (Å²) in [5.41, 5.74) is 2.80. The van der Waals surface area contributed by atoms with Crippen molar-refractivity contribution in [3.8, 4) is 11.3 Å². The summed E-state index contributed by atoms with van der Waals surface area (Å²) in [6, 6.07) is 19.7. The number of carbonyl (C=O) groups is 1. The van der Waals surface area contributed by atoms with Gasteiger partial charge in [-0.3, -0.25) is 9.89 Å². The summed E-state index contributed by atoms with van der Waals surface area (Å²) < 4.78 is 0.967. The lowest BCUT2D eigenvalue weighted by molar-refractivity contribution is 0.0940. The van der Waals surface area contributed by atoms with Crippen LogP contribution in [-0.2, 0) is 0 Å². The fourth-order valence-corrected chi connectivity index (χ4v) is 3.46. The second kappa shape index (κ2) is 7.33. The van der Waals surface area contributed by atoms with Gasteiger partial charge in [-0.15, -0.1) is 0 Å². The molecule has 0 radical (unpaired) electrons. The van der Waals surface area contributed by atoms with E-state index in [1.165, 1.54) is 0 Å². The van der Waals surface area contributed by atoms with Crippen LogP contribution in [0.15, 0.2) is 65.1 Å². The molecule has 1 amide bonds. The maximum absolute atomic E-state index is 12.4. The number of benzene rings is 2. The standard InChI is InChI=1S/C20H19BrN4O/c21-16-8-6-15(7-9-16)20(26)22-17-10-11-25(13-17)19-12-18(23-24-19)14-4-2-1-3-5-14/h1-9,12,17H,10-11,13H2,(H,22,26)(H,23,24)/t17-/m1/s1. The Balaban J connectivity index is 1.39. The van der Waals surface area contributed by atoms with E-state index >= 15 is 0 Å². The van der Waals surface area contributed by atoms with Gasteiger partial charge in [0.05, 0.1) is 5.69 Å². The molecule has 2 heterocycles. The van der Waals surface area contributed by atoms with Crippen molar-refractivity contribution in [3.05, 3.63) is 70.7 Å². The first-order valence-electron chi connectivity index (χ1n) is 8.61. The predicted octanol–water partition coefficient (Wildman–Crippen LogP) is 3.85. The van der Waals surface area contributed by atoms with E-state index in [1.807, 2.05) is 42.5 Å². The van der Waals surface area contributed by atoms with Gasteiger partial charge in [-0.25, -0.2) is 0 Å². The third kappa shape index (κ3) is 3.65. The Bertz CT molecular complexity index is 892. The number of nitrogens with one attached hydrogen (secondary N) is 2. The highest BCUT2D eigenvalue weighted by Crippen LogP contribution is 2.24. The van der Waals surface area contributed by atoms with Crippen LogP contribution in [0.3, 0.4) is 0 Å². The van der Waals surface area contributed by atoms with Gasteiger partial charge in [-0.1, -0.05) is 46.3 Å². The smallest absolute Gasteiger partial charge is 0.251 e. The largest absolute Gasteiger partial charge is 0.353 e. The van der Waals surface area contributed by atoms with E-state index in [0.717, 1.165) is 41.1 Å². The summed E-state index contributed by atoms with van der Waals surface area (Å²) in [6.45, 7) is 1.64. The zero-order valence-electron chi connectivity index (χ0n) is 14.2. The Morgan fingerprint density at radius 2 is 1.92 bits per heavy atom. The van der Waals surface area contributed by atoms with Crippen molar-refractivity contribution >= 4 is 27.7 Å². The molecule has 26 heavy (non-hydrogen) atoms. The van der Waals surface area contributed by atoms with Gasteiger partial charge in [0.15, 0.2) is 5.82 Å². The molecular formula is C20H19BrN4O. The van der Waals surface area contributed by atoms with E-state index in [1.54, 1.807) is 0 Å². The maximum atomic E-state index is 12.4. The lowest BCUT2D eigenvalue weighted by atomic mass is 10.1. The molecule has 1 fully saturated rings. The van der Waals surface area contributed by atoms with Gasteiger partial charge in [0, 0.05) is 35.2 Å². The van der Waals surface area contributed by atoms with Crippen LogP contribution in [0.5, 0.6) is 0 Å². The number of H-pyrrole nitrogens is 1. The quantitative estimate of drug-likeness (QED) is 0.686. The van der Waals surface area contributed by atoms with E-state index in [4.69, 9.17) is 0 Å². The predicted molar refractivity (Wildman–Crippen MR) is 106 cm³/mol. The first-order chi connectivity index (χ1) is 12.7. The molecule has 1 aliphatic heterocycles. The van der Waals surface area contributed by atoms with Crippen molar-refractivity contribution in [1.82, 2.24) is 15.5 Å². The van der Waals surface area contributed by atoms with Gasteiger partial charge in [-0.2, -0.15) is 5.10 Å². The molecule has 6 heteroatoms. The molecule has 0 saturated carbocycles. The number of anilines is 1. The molecular weight excluding hydrogens is 392 g/mol. The Morgan fingerprint density at radius 1 is 1.15 bits per heavy atom. The lowest BCUT2D eigenvalue weighted by Crippen LogP contribution is -2.37. The summed E-state index contributed by atoms with van der Waals surface area (Å²) in [5, 5.41) is 10.7. The van der Waals surface area contributed by atoms with Gasteiger partial charge >= 0.3 is 0 Å². The van der Waals surface area contributed by atoms with Crippen LogP contribution in [0.2, 0.25) is 0 Å². The van der Waals surface area contributed by atoms with Crippen LogP contribution >= 0.6 is 15.9 Å². The van der Waals surface area contributed by atoms with Gasteiger partial charge < -0.3 is 10.2 Å². The van der Waals surface area contributed by atoms with Gasteiger partial charge in [-0.05, 0) is 36.2 Å². The minimum absolute atomic E-state index is 0.0312. The lowest BCUT2D eigenvalue weighted by Gasteiger charge is -2.16. The fraction of sp³-hybridized carbons (Fsp3) is 0.200. The van der Waals surface area contributed by atoms with E-state index in [2.05, 4.69) is 54.5 Å². The molecule has 5 nitrogen and oxygen atoms in total. The van der Waals surface area contributed by atoms with Crippen molar-refractivity contribution in [2.45, 2.75) is 12.5 Å². The number of hydrogen-bond acceptors (Lipinski definition) is 3. The van der Waals surface area contributed by atoms with Crippen LogP contribution in [0, 0.1) is 0 Å². The molecule has 1 aromatic heterocycles. The molecule has 1 saturated heterocycles. The molecule has 0 aliphatic carbocycles. The van der Waals surface area contributed by atoms with E-state index in [9.17, 15) is 4.79 Å². The highest BCUT2D eigenvalue weighted by molar-refractivity contribution is 9.10. The second-order valence-corrected chi connectivity index (χ2v) is 7.33. The molecule has 0 spiro atoms. The van der Waals surface area contributed by atoms with Crippen molar-refractivity contribution in [2.24, 2.45) is 0 Å². The second-order valence-electron chi connectivity index (χ2n) is 6.42. The van der Waals surface area contributed by atoms with Crippen LogP contribution in [-0.4, -0.2) is 35.2 Å². The molecule has 2 N–H and O–H groups in total. The fourth-order valence-electron chi connectivity index (χ4n) is 3.19. The number of nitrogens with zero attached hydrogens (tertiary/aromatic N) is 2. The Morgan fingerprint density at radius 3 is 2.69 bits per heavy atom. The highest BCUT2D eigenvalue weighted by Gasteiger charge is 2.26. The SMILES string of the molecule is O=C(N[C@@H]1CCN(c2cc(-c3ccccc3)[nH]n2)C1)c1ccc(Br)cc1. The van der Waals surface area contributed by atoms with Crippen LogP contribution < -0.4 is 10.2 Å². The Kier molecular flexibility index (Phi) is 4.75. The minimum Gasteiger partial charge on any atom is -0.353 e. The van der Waals surface area contributed by atoms with E-state index in [0.29, 0.717) is 5.56 Å². The normalized spacial score (nSPS) is 16.7. The maximum Gasteiger partial charge on any atom is 0.251 e. The van der Waals surface area contributed by atoms with Crippen molar-refractivity contribution in [1.29, 1.82) is 0 Å². The summed E-state index contributed by atoms with van der Waals surface area (Å²) in [6.07, 6.45) is 0.912. The molecule has 132 valence electrons. The highest BCUT2D eigenvalue weighted by atomic mass is 79.9. The van der Waals surface area contributed by atoms with E-state index in [-0.39, 0.29) is 11.9 Å². The monoisotopic (exact) mass is 410 g/mol. The first kappa shape index (κ1) is 16.8. The van der Waals surface area contributed by atoms with Crippen molar-refractivity contribution in [3.63, 3.8) is 0 Å². The summed E-state index contributed by atoms with van der Waals surface area (Å²) in [5.74, 6) is 0.889. The molecule has 1 atom stereocenters. The third-order valence-electron chi connectivity index (χ3n) is 4.60. The van der Waals surface area contributed by atoms with Gasteiger partial charge in [0.1, 0.15) is 0 Å². The average Bonchev–Trinajstić information content (AvgIpc) is 3.32. The van der Waals surface area contributed by atoms with Gasteiger partial charge in [0.2, 0.25) is 0 Å². The van der Waals surface area contributed by atoms with Gasteiger partial charge in [0.25, 0.3) is 5.91 Å². The zero-order valence-corrected chi connectivity index (χ0v) is 15.7. The third-order valence-corrected chi connectivity index (χ3v) is 5.13. The summed E-state index contributed by atoms with van der Waals surface area (Å²) in [4.78, 5) is 14.6. The van der Waals surface area contributed by atoms with Crippen molar-refractivity contribution < 1.29 is 4.79 Å². The zero-order chi connectivity index (χ0) is 17.9. The van der Waals surface area contributed by atoms with Crippen LogP contribution in [0.25, 0.3) is 11.3 Å². The van der Waals surface area contributed by atoms with Crippen LogP contribution in [0.1, 0.15) is 16.8 Å². The Hall–Kier alpha value is -2.60. The molecule has 3 aromatic rings. The number of hydrogen-bond donors (Lipinski definition) is 2. The first-order valence-corrected chi connectivity index (χ1v) is 9.40. The molecule has 0 bridgehead atoms. The number of carbonyl (C=O) groups excluding carboxylic acids is 1. The number of rotatable bonds is 4. The Labute approximate surface area is 160 Å². The van der Waals surface area contributed by atoms with Crippen LogP contribution in [0.4, 0.5) is 5.82 Å². The average molecular weight is 411 g/mol. The number of amides is 1. The molecule has 4 rings (SSSR count). The summed E-state index contributed by atoms with van der Waals surface area (Å²) >= 11 is 3.39. The molecule has 2 aromatic carbocycles. The molecule has 0 unspecified atom stereocenters. The minimum atomic E-state index is -0.0312. The van der Waals surface area contributed by atoms with Crippen molar-refractivity contribution in [2.75, 3.05) is 18.0 Å². The number of aromatic amines is 1. The topological polar surface area (TPSA) is 61.0 Å². The number of aromatic nitrogens is 2.